The van der Waals surface area contributed by atoms with E-state index in [1.165, 1.54) is 13.3 Å². The van der Waals surface area contributed by atoms with Crippen LogP contribution in [0.4, 0.5) is 0 Å². The molecule has 0 aromatic heterocycles. The summed E-state index contributed by atoms with van der Waals surface area (Å²) in [5.41, 5.74) is 2.79. The highest BCUT2D eigenvalue weighted by atomic mass is 16.6. The molecule has 7 nitrogen and oxygen atoms in total. The highest BCUT2D eigenvalue weighted by molar-refractivity contribution is 5.87. The smallest absolute Gasteiger partial charge is 0.284 e. The van der Waals surface area contributed by atoms with Gasteiger partial charge >= 0.3 is 0 Å². The number of phenolic OH excluding ortho intramolecular Hbond substituents is 1. The van der Waals surface area contributed by atoms with Crippen LogP contribution in [-0.2, 0) is 4.79 Å². The molecule has 1 aliphatic rings. The van der Waals surface area contributed by atoms with Crippen molar-refractivity contribution >= 4 is 12.1 Å². The maximum atomic E-state index is 12.1. The van der Waals surface area contributed by atoms with E-state index in [0.717, 1.165) is 0 Å². The second-order valence-electron chi connectivity index (χ2n) is 5.00. The van der Waals surface area contributed by atoms with Gasteiger partial charge in [-0.2, -0.15) is 5.10 Å². The van der Waals surface area contributed by atoms with Gasteiger partial charge in [-0.25, -0.2) is 5.43 Å². The maximum absolute atomic E-state index is 12.1. The Labute approximate surface area is 138 Å². The Kier molecular flexibility index (Phi) is 4.51. The van der Waals surface area contributed by atoms with E-state index in [0.29, 0.717) is 22.8 Å². The van der Waals surface area contributed by atoms with Gasteiger partial charge in [0, 0.05) is 5.56 Å². The van der Waals surface area contributed by atoms with Crippen molar-refractivity contribution in [3.8, 4) is 23.0 Å². The van der Waals surface area contributed by atoms with Gasteiger partial charge < -0.3 is 19.3 Å². The Morgan fingerprint density at radius 3 is 2.88 bits per heavy atom. The Morgan fingerprint density at radius 1 is 1.29 bits per heavy atom. The van der Waals surface area contributed by atoms with Crippen molar-refractivity contribution < 1.29 is 24.1 Å². The number of rotatable bonds is 4. The minimum absolute atomic E-state index is 0.0517. The van der Waals surface area contributed by atoms with Crippen molar-refractivity contribution in [1.29, 1.82) is 0 Å². The van der Waals surface area contributed by atoms with Crippen LogP contribution in [0.1, 0.15) is 5.56 Å². The fraction of sp³-hybridized carbons (Fsp3) is 0.176. The fourth-order valence-electron chi connectivity index (χ4n) is 2.19. The zero-order chi connectivity index (χ0) is 16.9. The summed E-state index contributed by atoms with van der Waals surface area (Å²) >= 11 is 0. The number of para-hydroxylation sites is 3. The molecule has 1 aliphatic heterocycles. The van der Waals surface area contributed by atoms with Gasteiger partial charge in [-0.1, -0.05) is 18.2 Å². The number of hydrogen-bond donors (Lipinski definition) is 2. The van der Waals surface area contributed by atoms with Crippen molar-refractivity contribution in [1.82, 2.24) is 5.43 Å². The largest absolute Gasteiger partial charge is 0.504 e. The summed E-state index contributed by atoms with van der Waals surface area (Å²) in [7, 11) is 1.45. The summed E-state index contributed by atoms with van der Waals surface area (Å²) in [6, 6.07) is 12.1. The molecule has 1 atom stereocenters. The highest BCUT2D eigenvalue weighted by Crippen LogP contribution is 2.31. The third-order valence-electron chi connectivity index (χ3n) is 3.43. The molecule has 2 aromatic carbocycles. The third kappa shape index (κ3) is 3.24. The zero-order valence-corrected chi connectivity index (χ0v) is 12.9. The SMILES string of the molecule is COc1cccc(/C=N/NC(=O)[C@H]2COc3ccccc3O2)c1O. The molecule has 0 spiro atoms. The molecular formula is C17H16N2O5. The molecule has 0 saturated heterocycles. The van der Waals surface area contributed by atoms with E-state index < -0.39 is 12.0 Å². The van der Waals surface area contributed by atoms with E-state index in [-0.39, 0.29) is 12.4 Å². The number of nitrogens with one attached hydrogen (secondary N) is 1. The lowest BCUT2D eigenvalue weighted by molar-refractivity contribution is -0.130. The van der Waals surface area contributed by atoms with Crippen molar-refractivity contribution in [2.45, 2.75) is 6.10 Å². The molecular weight excluding hydrogens is 312 g/mol. The molecule has 24 heavy (non-hydrogen) atoms. The fourth-order valence-corrected chi connectivity index (χ4v) is 2.19. The third-order valence-corrected chi connectivity index (χ3v) is 3.43. The van der Waals surface area contributed by atoms with Crippen LogP contribution < -0.4 is 19.6 Å². The van der Waals surface area contributed by atoms with Crippen LogP contribution in [0.2, 0.25) is 0 Å². The van der Waals surface area contributed by atoms with Crippen LogP contribution in [0.25, 0.3) is 0 Å². The van der Waals surface area contributed by atoms with E-state index in [1.807, 2.05) is 6.07 Å². The molecule has 1 heterocycles. The Balaban J connectivity index is 1.62. The normalized spacial score (nSPS) is 16.0. The van der Waals surface area contributed by atoms with E-state index in [2.05, 4.69) is 10.5 Å². The van der Waals surface area contributed by atoms with Crippen LogP contribution in [0.3, 0.4) is 0 Å². The number of amides is 1. The van der Waals surface area contributed by atoms with Crippen LogP contribution in [0.15, 0.2) is 47.6 Å². The lowest BCUT2D eigenvalue weighted by Crippen LogP contribution is -2.42. The van der Waals surface area contributed by atoms with Crippen LogP contribution in [0.5, 0.6) is 23.0 Å². The Hall–Kier alpha value is -3.22. The molecule has 124 valence electrons. The number of carbonyl (C=O) groups excluding carboxylic acids is 1. The number of phenols is 1. The molecule has 0 aliphatic carbocycles. The van der Waals surface area contributed by atoms with E-state index in [9.17, 15) is 9.90 Å². The number of carbonyl (C=O) groups is 1. The second kappa shape index (κ2) is 6.91. The Bertz CT molecular complexity index is 775. The van der Waals surface area contributed by atoms with Gasteiger partial charge in [0.2, 0.25) is 6.10 Å². The first-order valence-corrected chi connectivity index (χ1v) is 7.26. The van der Waals surface area contributed by atoms with Gasteiger partial charge in [-0.05, 0) is 24.3 Å². The molecule has 3 rings (SSSR count). The lowest BCUT2D eigenvalue weighted by Gasteiger charge is -2.24. The first kappa shape index (κ1) is 15.7. The minimum atomic E-state index is -0.795. The van der Waals surface area contributed by atoms with Gasteiger partial charge in [0.25, 0.3) is 5.91 Å². The van der Waals surface area contributed by atoms with Crippen LogP contribution in [-0.4, -0.2) is 37.0 Å². The first-order chi connectivity index (χ1) is 11.7. The van der Waals surface area contributed by atoms with Crippen molar-refractivity contribution in [2.75, 3.05) is 13.7 Å². The summed E-state index contributed by atoms with van der Waals surface area (Å²) in [4.78, 5) is 12.1. The molecule has 0 unspecified atom stereocenters. The zero-order valence-electron chi connectivity index (χ0n) is 12.9. The maximum Gasteiger partial charge on any atom is 0.284 e. The van der Waals surface area contributed by atoms with Gasteiger partial charge in [0.1, 0.15) is 6.61 Å². The monoisotopic (exact) mass is 328 g/mol. The molecule has 7 heteroatoms. The number of nitrogens with zero attached hydrogens (tertiary/aromatic N) is 1. The molecule has 0 fully saturated rings. The summed E-state index contributed by atoms with van der Waals surface area (Å²) in [6.07, 6.45) is 0.531. The molecule has 0 radical (unpaired) electrons. The van der Waals surface area contributed by atoms with Crippen molar-refractivity contribution in [2.24, 2.45) is 5.10 Å². The number of ether oxygens (including phenoxy) is 3. The average molecular weight is 328 g/mol. The first-order valence-electron chi connectivity index (χ1n) is 7.26. The summed E-state index contributed by atoms with van der Waals surface area (Å²) in [5, 5.41) is 13.8. The summed E-state index contributed by atoms with van der Waals surface area (Å²) in [6.45, 7) is 0.1000. The molecule has 0 bridgehead atoms. The van der Waals surface area contributed by atoms with Crippen molar-refractivity contribution in [3.63, 3.8) is 0 Å². The highest BCUT2D eigenvalue weighted by Gasteiger charge is 2.26. The van der Waals surface area contributed by atoms with E-state index >= 15 is 0 Å². The molecule has 2 N–H and O–H groups in total. The number of fused-ring (bicyclic) bond motifs is 1. The minimum Gasteiger partial charge on any atom is -0.504 e. The van der Waals surface area contributed by atoms with Crippen molar-refractivity contribution in [3.05, 3.63) is 48.0 Å². The number of benzene rings is 2. The van der Waals surface area contributed by atoms with Crippen LogP contribution >= 0.6 is 0 Å². The second-order valence-corrected chi connectivity index (χ2v) is 5.00. The summed E-state index contributed by atoms with van der Waals surface area (Å²) in [5.74, 6) is 0.947. The van der Waals surface area contributed by atoms with E-state index in [4.69, 9.17) is 14.2 Å². The van der Waals surface area contributed by atoms with Gasteiger partial charge in [0.15, 0.2) is 23.0 Å². The standard InChI is InChI=1S/C17H16N2O5/c1-22-14-8-4-5-11(16(14)20)9-18-19-17(21)15-10-23-12-6-2-3-7-13(12)24-15/h2-9,15,20H,10H2,1H3,(H,19,21)/b18-9+/t15-/m1/s1. The Morgan fingerprint density at radius 2 is 2.08 bits per heavy atom. The molecule has 1 amide bonds. The van der Waals surface area contributed by atoms with Gasteiger partial charge in [0.05, 0.1) is 13.3 Å². The lowest BCUT2D eigenvalue weighted by atomic mass is 10.2. The van der Waals surface area contributed by atoms with Crippen LogP contribution in [0, 0.1) is 0 Å². The number of hydrogen-bond acceptors (Lipinski definition) is 6. The van der Waals surface area contributed by atoms with Gasteiger partial charge in [-0.15, -0.1) is 0 Å². The van der Waals surface area contributed by atoms with E-state index in [1.54, 1.807) is 36.4 Å². The molecule has 2 aromatic rings. The average Bonchev–Trinajstić information content (AvgIpc) is 2.62. The predicted molar refractivity (Wildman–Crippen MR) is 86.7 cm³/mol. The quantitative estimate of drug-likeness (QED) is 0.658. The van der Waals surface area contributed by atoms with Gasteiger partial charge in [-0.3, -0.25) is 4.79 Å². The molecule has 0 saturated carbocycles. The predicted octanol–water partition coefficient (Wildman–Crippen LogP) is 1.69. The topological polar surface area (TPSA) is 89.4 Å². The number of methoxy groups -OCH3 is 1. The summed E-state index contributed by atoms with van der Waals surface area (Å²) < 4.78 is 16.1. The number of hydrazone groups is 1. The number of aromatic hydroxyl groups is 1.